The van der Waals surface area contributed by atoms with Gasteiger partial charge in [-0.3, -0.25) is 9.58 Å². The number of hydrogen-bond donors (Lipinski definition) is 0. The number of aromatic nitrogens is 2. The Morgan fingerprint density at radius 1 is 1.17 bits per heavy atom. The molecule has 1 aromatic carbocycles. The highest BCUT2D eigenvalue weighted by atomic mass is 79.9. The lowest BCUT2D eigenvalue weighted by atomic mass is 10.4. The van der Waals surface area contributed by atoms with Crippen molar-refractivity contribution >= 4 is 49.2 Å². The molecule has 1 fully saturated rings. The van der Waals surface area contributed by atoms with E-state index in [1.54, 1.807) is 29.2 Å². The molecule has 3 rings (SSSR count). The molecular formula is C14H15BrCl2N4O2S. The summed E-state index contributed by atoms with van der Waals surface area (Å²) in [6, 6.07) is 4.79. The summed E-state index contributed by atoms with van der Waals surface area (Å²) in [5.41, 5.74) is 0. The Hall–Kier alpha value is -0.640. The van der Waals surface area contributed by atoms with Crippen LogP contribution in [0.25, 0.3) is 0 Å². The molecule has 1 saturated heterocycles. The van der Waals surface area contributed by atoms with E-state index in [1.807, 2.05) is 0 Å². The summed E-state index contributed by atoms with van der Waals surface area (Å²) in [5, 5.41) is 4.94. The van der Waals surface area contributed by atoms with E-state index in [0.29, 0.717) is 37.9 Å². The van der Waals surface area contributed by atoms with Gasteiger partial charge in [0, 0.05) is 36.8 Å². The van der Waals surface area contributed by atoms with Crippen LogP contribution in [-0.2, 0) is 16.7 Å². The Labute approximate surface area is 159 Å². The monoisotopic (exact) mass is 452 g/mol. The van der Waals surface area contributed by atoms with Gasteiger partial charge >= 0.3 is 0 Å². The maximum absolute atomic E-state index is 12.8. The van der Waals surface area contributed by atoms with Crippen molar-refractivity contribution in [2.45, 2.75) is 11.6 Å². The molecule has 1 aliphatic rings. The van der Waals surface area contributed by atoms with Gasteiger partial charge in [0.25, 0.3) is 0 Å². The van der Waals surface area contributed by atoms with Crippen molar-refractivity contribution in [1.82, 2.24) is 19.0 Å². The molecule has 2 aromatic rings. The van der Waals surface area contributed by atoms with Gasteiger partial charge in [-0.15, -0.1) is 0 Å². The van der Waals surface area contributed by atoms with Gasteiger partial charge < -0.3 is 0 Å². The summed E-state index contributed by atoms with van der Waals surface area (Å²) in [4.78, 5) is 2.26. The van der Waals surface area contributed by atoms with E-state index in [-0.39, 0.29) is 9.92 Å². The smallest absolute Gasteiger partial charge is 0.244 e. The van der Waals surface area contributed by atoms with Crippen LogP contribution in [0.15, 0.2) is 40.0 Å². The molecule has 24 heavy (non-hydrogen) atoms. The third-order valence-electron chi connectivity index (χ3n) is 3.79. The first kappa shape index (κ1) is 18.2. The lowest BCUT2D eigenvalue weighted by Crippen LogP contribution is -2.48. The molecular weight excluding hydrogens is 439 g/mol. The minimum Gasteiger partial charge on any atom is -0.282 e. The van der Waals surface area contributed by atoms with Crippen LogP contribution in [0, 0.1) is 0 Å². The Kier molecular flexibility index (Phi) is 5.53. The second kappa shape index (κ2) is 7.31. The molecule has 130 valence electrons. The first-order valence-electron chi connectivity index (χ1n) is 7.22. The van der Waals surface area contributed by atoms with Gasteiger partial charge in [-0.1, -0.05) is 39.1 Å². The van der Waals surface area contributed by atoms with Crippen LogP contribution in [0.3, 0.4) is 0 Å². The van der Waals surface area contributed by atoms with Crippen LogP contribution in [-0.4, -0.2) is 53.6 Å². The molecule has 0 bridgehead atoms. The molecule has 0 saturated carbocycles. The molecule has 0 N–H and O–H groups in total. The normalized spacial score (nSPS) is 17.3. The average molecular weight is 454 g/mol. The maximum Gasteiger partial charge on any atom is 0.244 e. The zero-order chi connectivity index (χ0) is 17.3. The molecule has 0 atom stereocenters. The molecule has 0 radical (unpaired) electrons. The molecule has 0 spiro atoms. The standard InChI is InChI=1S/C14H15BrCl2N4O2S/c15-11-1-2-14(13(17)7-11)24(22,23)21-5-3-19(4-6-21)10-20-9-12(16)8-18-20/h1-2,7-9H,3-6,10H2. The lowest BCUT2D eigenvalue weighted by Gasteiger charge is -2.33. The summed E-state index contributed by atoms with van der Waals surface area (Å²) < 4.78 is 29.5. The van der Waals surface area contributed by atoms with E-state index in [0.717, 1.165) is 4.47 Å². The van der Waals surface area contributed by atoms with Gasteiger partial charge in [0.2, 0.25) is 10.0 Å². The third kappa shape index (κ3) is 3.95. The number of rotatable bonds is 4. The van der Waals surface area contributed by atoms with Crippen molar-refractivity contribution in [3.63, 3.8) is 0 Å². The Morgan fingerprint density at radius 2 is 1.88 bits per heavy atom. The molecule has 1 aliphatic heterocycles. The van der Waals surface area contributed by atoms with Crippen molar-refractivity contribution in [1.29, 1.82) is 0 Å². The van der Waals surface area contributed by atoms with Gasteiger partial charge in [0.15, 0.2) is 0 Å². The number of sulfonamides is 1. The van der Waals surface area contributed by atoms with Gasteiger partial charge in [-0.2, -0.15) is 9.40 Å². The highest BCUT2D eigenvalue weighted by Gasteiger charge is 2.30. The van der Waals surface area contributed by atoms with Crippen LogP contribution >= 0.6 is 39.1 Å². The van der Waals surface area contributed by atoms with Crippen molar-refractivity contribution < 1.29 is 8.42 Å². The number of nitrogens with zero attached hydrogens (tertiary/aromatic N) is 4. The fourth-order valence-corrected chi connectivity index (χ4v) is 5.15. The van der Waals surface area contributed by atoms with E-state index in [2.05, 4.69) is 25.9 Å². The van der Waals surface area contributed by atoms with Crippen molar-refractivity contribution in [3.8, 4) is 0 Å². The van der Waals surface area contributed by atoms with Crippen LogP contribution in [0.2, 0.25) is 10.0 Å². The Morgan fingerprint density at radius 3 is 2.46 bits per heavy atom. The lowest BCUT2D eigenvalue weighted by molar-refractivity contribution is 0.146. The Balaban J connectivity index is 1.67. The highest BCUT2D eigenvalue weighted by molar-refractivity contribution is 9.10. The summed E-state index contributed by atoms with van der Waals surface area (Å²) in [7, 11) is -3.59. The molecule has 0 aliphatic carbocycles. The molecule has 6 nitrogen and oxygen atoms in total. The van der Waals surface area contributed by atoms with Gasteiger partial charge in [-0.25, -0.2) is 8.42 Å². The van der Waals surface area contributed by atoms with Crippen molar-refractivity contribution in [2.75, 3.05) is 26.2 Å². The van der Waals surface area contributed by atoms with Gasteiger partial charge in [0.1, 0.15) is 4.90 Å². The SMILES string of the molecule is O=S(=O)(c1ccc(Br)cc1Cl)N1CCN(Cn2cc(Cl)cn2)CC1. The van der Waals surface area contributed by atoms with E-state index in [1.165, 1.54) is 10.4 Å². The molecule has 1 aromatic heterocycles. The van der Waals surface area contributed by atoms with Crippen LogP contribution < -0.4 is 0 Å². The van der Waals surface area contributed by atoms with Crippen molar-refractivity contribution in [3.05, 3.63) is 45.1 Å². The maximum atomic E-state index is 12.8. The minimum absolute atomic E-state index is 0.139. The summed E-state index contributed by atoms with van der Waals surface area (Å²) in [6.45, 7) is 2.63. The number of hydrogen-bond acceptors (Lipinski definition) is 4. The highest BCUT2D eigenvalue weighted by Crippen LogP contribution is 2.28. The quantitative estimate of drug-likeness (QED) is 0.714. The second-order valence-electron chi connectivity index (χ2n) is 5.44. The molecule has 0 amide bonds. The topological polar surface area (TPSA) is 58.4 Å². The van der Waals surface area contributed by atoms with E-state index < -0.39 is 10.0 Å². The number of piperazine rings is 1. The second-order valence-corrected chi connectivity index (χ2v) is 9.10. The predicted octanol–water partition coefficient (Wildman–Crippen LogP) is 2.92. The molecule has 2 heterocycles. The zero-order valence-corrected chi connectivity index (χ0v) is 16.5. The summed E-state index contributed by atoms with van der Waals surface area (Å²) in [5.74, 6) is 0. The van der Waals surface area contributed by atoms with E-state index in [9.17, 15) is 8.42 Å². The third-order valence-corrected chi connectivity index (χ3v) is 6.86. The van der Waals surface area contributed by atoms with Crippen LogP contribution in [0.1, 0.15) is 0 Å². The predicted molar refractivity (Wildman–Crippen MR) is 96.7 cm³/mol. The van der Waals surface area contributed by atoms with Crippen LogP contribution in [0.4, 0.5) is 0 Å². The first-order chi connectivity index (χ1) is 11.4. The molecule has 10 heteroatoms. The van der Waals surface area contributed by atoms with Crippen molar-refractivity contribution in [2.24, 2.45) is 0 Å². The average Bonchev–Trinajstić information content (AvgIpc) is 2.92. The number of benzene rings is 1. The van der Waals surface area contributed by atoms with E-state index in [4.69, 9.17) is 23.2 Å². The molecule has 0 unspecified atom stereocenters. The minimum atomic E-state index is -3.59. The Bertz CT molecular complexity index is 835. The van der Waals surface area contributed by atoms with E-state index >= 15 is 0 Å². The zero-order valence-electron chi connectivity index (χ0n) is 12.6. The summed E-state index contributed by atoms with van der Waals surface area (Å²) >= 11 is 15.2. The fourth-order valence-electron chi connectivity index (χ4n) is 2.56. The largest absolute Gasteiger partial charge is 0.282 e. The fraction of sp³-hybridized carbons (Fsp3) is 0.357. The van der Waals surface area contributed by atoms with Gasteiger partial charge in [0.05, 0.1) is 22.9 Å². The van der Waals surface area contributed by atoms with Crippen LogP contribution in [0.5, 0.6) is 0 Å². The summed E-state index contributed by atoms with van der Waals surface area (Å²) in [6.07, 6.45) is 3.32. The number of halogens is 3. The first-order valence-corrected chi connectivity index (χ1v) is 10.2. The van der Waals surface area contributed by atoms with Gasteiger partial charge in [-0.05, 0) is 18.2 Å².